The molecule has 0 atom stereocenters. The van der Waals surface area contributed by atoms with E-state index in [1.807, 2.05) is 18.4 Å². The van der Waals surface area contributed by atoms with Crippen molar-refractivity contribution < 1.29 is 14.4 Å². The van der Waals surface area contributed by atoms with Gasteiger partial charge < -0.3 is 5.32 Å². The fraction of sp³-hybridized carbons (Fsp3) is 0.118. The molecule has 1 aliphatic heterocycles. The van der Waals surface area contributed by atoms with Crippen LogP contribution < -0.4 is 5.32 Å². The van der Waals surface area contributed by atoms with E-state index in [1.54, 1.807) is 12.1 Å². The number of imide groups is 1. The van der Waals surface area contributed by atoms with Gasteiger partial charge in [-0.05, 0) is 30.5 Å². The molecular weight excluding hydrogens is 383 g/mol. The van der Waals surface area contributed by atoms with Crippen molar-refractivity contribution in [3.8, 4) is 0 Å². The first-order chi connectivity index (χ1) is 11.9. The monoisotopic (exact) mass is 394 g/mol. The molecule has 0 unspecified atom stereocenters. The number of rotatable bonds is 4. The van der Waals surface area contributed by atoms with E-state index in [9.17, 15) is 14.4 Å². The van der Waals surface area contributed by atoms with Crippen LogP contribution in [0.3, 0.4) is 0 Å². The fourth-order valence-corrected chi connectivity index (χ4v) is 3.39. The normalized spacial score (nSPS) is 13.2. The average molecular weight is 395 g/mol. The molecule has 0 saturated carbocycles. The Hall–Kier alpha value is -2.02. The van der Waals surface area contributed by atoms with Crippen molar-refractivity contribution in [1.82, 2.24) is 4.90 Å². The molecule has 1 heterocycles. The van der Waals surface area contributed by atoms with Crippen LogP contribution in [0.5, 0.6) is 0 Å². The number of benzene rings is 2. The summed E-state index contributed by atoms with van der Waals surface area (Å²) in [7, 11) is 0. The highest BCUT2D eigenvalue weighted by molar-refractivity contribution is 7.98. The second-order valence-corrected chi connectivity index (χ2v) is 6.92. The zero-order valence-corrected chi connectivity index (χ0v) is 15.3. The molecule has 0 aliphatic carbocycles. The molecule has 0 radical (unpaired) electrons. The zero-order valence-electron chi connectivity index (χ0n) is 13.0. The average Bonchev–Trinajstić information content (AvgIpc) is 2.81. The van der Waals surface area contributed by atoms with E-state index in [2.05, 4.69) is 5.32 Å². The third kappa shape index (κ3) is 3.38. The maximum Gasteiger partial charge on any atom is 0.262 e. The number of nitrogens with zero attached hydrogens (tertiary/aromatic N) is 1. The van der Waals surface area contributed by atoms with Gasteiger partial charge in [-0.1, -0.05) is 35.3 Å². The Morgan fingerprint density at radius 1 is 1.08 bits per heavy atom. The van der Waals surface area contributed by atoms with E-state index in [-0.39, 0.29) is 27.7 Å². The predicted octanol–water partition coefficient (Wildman–Crippen LogP) is 3.95. The molecular formula is C17H12Cl2N2O3S. The van der Waals surface area contributed by atoms with Gasteiger partial charge in [0.25, 0.3) is 11.8 Å². The molecule has 0 fully saturated rings. The fourth-order valence-electron chi connectivity index (χ4n) is 2.51. The Morgan fingerprint density at radius 3 is 2.20 bits per heavy atom. The summed E-state index contributed by atoms with van der Waals surface area (Å²) in [5.41, 5.74) is 0.927. The number of anilines is 1. The van der Waals surface area contributed by atoms with Gasteiger partial charge in [0.2, 0.25) is 5.91 Å². The largest absolute Gasteiger partial charge is 0.324 e. The van der Waals surface area contributed by atoms with Crippen molar-refractivity contribution in [3.05, 3.63) is 57.6 Å². The SMILES string of the molecule is CSc1ccccc1NC(=O)CN1C(=O)c2cc(Cl)c(Cl)cc2C1=O. The number of amides is 3. The lowest BCUT2D eigenvalue weighted by Gasteiger charge is -2.14. The maximum atomic E-state index is 12.4. The van der Waals surface area contributed by atoms with Gasteiger partial charge >= 0.3 is 0 Å². The van der Waals surface area contributed by atoms with Gasteiger partial charge in [-0.2, -0.15) is 0 Å². The number of hydrogen-bond donors (Lipinski definition) is 1. The molecule has 1 aliphatic rings. The lowest BCUT2D eigenvalue weighted by molar-refractivity contribution is -0.116. The highest BCUT2D eigenvalue weighted by atomic mass is 35.5. The highest BCUT2D eigenvalue weighted by Crippen LogP contribution is 2.31. The number of carbonyl (C=O) groups excluding carboxylic acids is 3. The van der Waals surface area contributed by atoms with Gasteiger partial charge in [0, 0.05) is 4.90 Å². The van der Waals surface area contributed by atoms with Crippen molar-refractivity contribution in [1.29, 1.82) is 0 Å². The summed E-state index contributed by atoms with van der Waals surface area (Å²) in [6.45, 7) is -0.385. The topological polar surface area (TPSA) is 66.5 Å². The van der Waals surface area contributed by atoms with Crippen molar-refractivity contribution >= 4 is 58.4 Å². The molecule has 128 valence electrons. The van der Waals surface area contributed by atoms with Crippen LogP contribution in [0.15, 0.2) is 41.3 Å². The minimum atomic E-state index is -0.563. The van der Waals surface area contributed by atoms with Crippen LogP contribution in [0.4, 0.5) is 5.69 Å². The van der Waals surface area contributed by atoms with Gasteiger partial charge in [-0.15, -0.1) is 11.8 Å². The van der Waals surface area contributed by atoms with Crippen LogP contribution in [0.2, 0.25) is 10.0 Å². The Morgan fingerprint density at radius 2 is 1.64 bits per heavy atom. The van der Waals surface area contributed by atoms with E-state index in [1.165, 1.54) is 23.9 Å². The van der Waals surface area contributed by atoms with Crippen LogP contribution in [0.1, 0.15) is 20.7 Å². The zero-order chi connectivity index (χ0) is 18.1. The molecule has 0 spiro atoms. The Labute approximate surface area is 158 Å². The lowest BCUT2D eigenvalue weighted by Crippen LogP contribution is -2.37. The number of hydrogen-bond acceptors (Lipinski definition) is 4. The van der Waals surface area contributed by atoms with Gasteiger partial charge in [0.15, 0.2) is 0 Å². The number of fused-ring (bicyclic) bond motifs is 1. The molecule has 25 heavy (non-hydrogen) atoms. The van der Waals surface area contributed by atoms with Crippen LogP contribution in [-0.4, -0.2) is 35.4 Å². The highest BCUT2D eigenvalue weighted by Gasteiger charge is 2.37. The summed E-state index contributed by atoms with van der Waals surface area (Å²) >= 11 is 13.3. The molecule has 0 saturated heterocycles. The third-order valence-corrected chi connectivity index (χ3v) is 5.21. The van der Waals surface area contributed by atoms with E-state index in [0.717, 1.165) is 9.80 Å². The van der Waals surface area contributed by atoms with Crippen molar-refractivity contribution in [3.63, 3.8) is 0 Å². The molecule has 5 nitrogen and oxygen atoms in total. The van der Waals surface area contributed by atoms with Crippen LogP contribution in [0, 0.1) is 0 Å². The number of carbonyl (C=O) groups is 3. The van der Waals surface area contributed by atoms with Crippen molar-refractivity contribution in [2.75, 3.05) is 18.1 Å². The first-order valence-corrected chi connectivity index (χ1v) is 9.18. The van der Waals surface area contributed by atoms with Gasteiger partial charge in [-0.3, -0.25) is 19.3 Å². The number of halogens is 2. The predicted molar refractivity (Wildman–Crippen MR) is 98.7 cm³/mol. The molecule has 2 aromatic carbocycles. The second kappa shape index (κ2) is 7.07. The van der Waals surface area contributed by atoms with Gasteiger partial charge in [0.1, 0.15) is 6.54 Å². The van der Waals surface area contributed by atoms with Crippen LogP contribution in [-0.2, 0) is 4.79 Å². The Balaban J connectivity index is 1.79. The van der Waals surface area contributed by atoms with Crippen molar-refractivity contribution in [2.45, 2.75) is 4.90 Å². The van der Waals surface area contributed by atoms with Gasteiger partial charge in [-0.25, -0.2) is 0 Å². The summed E-state index contributed by atoms with van der Waals surface area (Å²) < 4.78 is 0. The molecule has 1 N–H and O–H groups in total. The quantitative estimate of drug-likeness (QED) is 0.629. The summed E-state index contributed by atoms with van der Waals surface area (Å²) in [4.78, 5) is 38.9. The first-order valence-electron chi connectivity index (χ1n) is 7.20. The number of nitrogens with one attached hydrogen (secondary N) is 1. The van der Waals surface area contributed by atoms with Gasteiger partial charge in [0.05, 0.1) is 26.9 Å². The van der Waals surface area contributed by atoms with Crippen LogP contribution in [0.25, 0.3) is 0 Å². The molecule has 0 bridgehead atoms. The second-order valence-electron chi connectivity index (χ2n) is 5.26. The molecule has 2 aromatic rings. The Kier molecular flexibility index (Phi) is 5.03. The minimum Gasteiger partial charge on any atom is -0.324 e. The molecule has 3 amide bonds. The standard InChI is InChI=1S/C17H12Cl2N2O3S/c1-25-14-5-3-2-4-13(14)20-15(22)8-21-16(23)9-6-11(18)12(19)7-10(9)17(21)24/h2-7H,8H2,1H3,(H,20,22). The minimum absolute atomic E-state index is 0.150. The number of para-hydroxylation sites is 1. The molecule has 0 aromatic heterocycles. The number of thioether (sulfide) groups is 1. The summed E-state index contributed by atoms with van der Waals surface area (Å²) in [5.74, 6) is -1.59. The summed E-state index contributed by atoms with van der Waals surface area (Å²) in [6.07, 6.45) is 1.89. The lowest BCUT2D eigenvalue weighted by atomic mass is 10.1. The summed E-state index contributed by atoms with van der Waals surface area (Å²) in [6, 6.07) is 9.97. The third-order valence-electron chi connectivity index (χ3n) is 3.69. The molecule has 3 rings (SSSR count). The summed E-state index contributed by atoms with van der Waals surface area (Å²) in [5, 5.41) is 3.09. The maximum absolute atomic E-state index is 12.4. The van der Waals surface area contributed by atoms with Crippen molar-refractivity contribution in [2.24, 2.45) is 0 Å². The van der Waals surface area contributed by atoms with E-state index < -0.39 is 17.7 Å². The van der Waals surface area contributed by atoms with E-state index in [4.69, 9.17) is 23.2 Å². The van der Waals surface area contributed by atoms with E-state index in [0.29, 0.717) is 5.69 Å². The van der Waals surface area contributed by atoms with E-state index >= 15 is 0 Å². The molecule has 8 heteroatoms. The smallest absolute Gasteiger partial charge is 0.262 e. The van der Waals surface area contributed by atoms with Crippen LogP contribution >= 0.6 is 35.0 Å². The first kappa shape index (κ1) is 17.8. The Bertz CT molecular complexity index is 860.